The number of nitro groups is 1. The molecule has 128 valence electrons. The first-order valence-corrected chi connectivity index (χ1v) is 7.50. The van der Waals surface area contributed by atoms with Crippen molar-refractivity contribution in [1.82, 2.24) is 0 Å². The van der Waals surface area contributed by atoms with Gasteiger partial charge in [0.05, 0.1) is 10.6 Å². The lowest BCUT2D eigenvalue weighted by Crippen LogP contribution is -2.43. The van der Waals surface area contributed by atoms with Crippen molar-refractivity contribution in [3.8, 4) is 11.5 Å². The van der Waals surface area contributed by atoms with Gasteiger partial charge in [0.15, 0.2) is 6.61 Å². The summed E-state index contributed by atoms with van der Waals surface area (Å²) in [4.78, 5) is 35.5. The van der Waals surface area contributed by atoms with E-state index in [1.54, 1.807) is 24.3 Å². The van der Waals surface area contributed by atoms with Gasteiger partial charge in [-0.15, -0.1) is 0 Å². The Bertz CT molecular complexity index is 869. The number of para-hydroxylation sites is 2. The largest absolute Gasteiger partial charge is 0.482 e. The molecule has 1 aliphatic rings. The molecule has 0 saturated carbocycles. The molecule has 0 aliphatic carbocycles. The number of carbonyl (C=O) groups is 2. The maximum atomic E-state index is 12.1. The van der Waals surface area contributed by atoms with Crippen LogP contribution in [0.3, 0.4) is 0 Å². The van der Waals surface area contributed by atoms with E-state index in [4.69, 9.17) is 21.1 Å². The van der Waals surface area contributed by atoms with Gasteiger partial charge in [0, 0.05) is 12.1 Å². The standard InChI is InChI=1S/C16H11ClN2O6/c17-11-7-10(5-6-12(11)19(22)23)25-16(21)8-18-13-3-1-2-4-14(13)24-9-15(18)20/h1-7H,8-9H2. The maximum Gasteiger partial charge on any atom is 0.331 e. The normalized spacial score (nSPS) is 13.0. The highest BCUT2D eigenvalue weighted by molar-refractivity contribution is 6.32. The number of hydrogen-bond donors (Lipinski definition) is 0. The third-order valence-corrected chi connectivity index (χ3v) is 3.75. The van der Waals surface area contributed by atoms with Crippen molar-refractivity contribution >= 4 is 34.9 Å². The zero-order chi connectivity index (χ0) is 18.0. The Morgan fingerprint density at radius 1 is 1.32 bits per heavy atom. The molecule has 0 unspecified atom stereocenters. The van der Waals surface area contributed by atoms with Crippen LogP contribution in [0.4, 0.5) is 11.4 Å². The molecule has 1 aliphatic heterocycles. The van der Waals surface area contributed by atoms with Crippen LogP contribution in [0.25, 0.3) is 0 Å². The summed E-state index contributed by atoms with van der Waals surface area (Å²) < 4.78 is 10.4. The summed E-state index contributed by atoms with van der Waals surface area (Å²) in [5.41, 5.74) is 0.177. The second-order valence-corrected chi connectivity index (χ2v) is 5.49. The number of carbonyl (C=O) groups excluding carboxylic acids is 2. The van der Waals surface area contributed by atoms with Crippen LogP contribution in [-0.2, 0) is 9.59 Å². The van der Waals surface area contributed by atoms with Gasteiger partial charge in [0.25, 0.3) is 11.6 Å². The Balaban J connectivity index is 1.74. The number of anilines is 1. The molecule has 0 bridgehead atoms. The second kappa shape index (κ2) is 6.78. The number of hydrogen-bond acceptors (Lipinski definition) is 6. The first-order valence-electron chi connectivity index (χ1n) is 7.12. The minimum atomic E-state index is -0.713. The molecular weight excluding hydrogens is 352 g/mol. The number of esters is 1. The molecule has 3 rings (SSSR count). The van der Waals surface area contributed by atoms with Gasteiger partial charge in [-0.05, 0) is 18.2 Å². The Kier molecular flexibility index (Phi) is 4.53. The third-order valence-electron chi connectivity index (χ3n) is 3.44. The lowest BCUT2D eigenvalue weighted by Gasteiger charge is -2.28. The fourth-order valence-electron chi connectivity index (χ4n) is 2.32. The average Bonchev–Trinajstić information content (AvgIpc) is 2.57. The van der Waals surface area contributed by atoms with Crippen molar-refractivity contribution in [3.63, 3.8) is 0 Å². The van der Waals surface area contributed by atoms with Crippen LogP contribution < -0.4 is 14.4 Å². The minimum Gasteiger partial charge on any atom is -0.482 e. The number of halogens is 1. The topological polar surface area (TPSA) is 99.0 Å². The number of nitrogens with zero attached hydrogens (tertiary/aromatic N) is 2. The van der Waals surface area contributed by atoms with Crippen LogP contribution in [0.2, 0.25) is 5.02 Å². The summed E-state index contributed by atoms with van der Waals surface area (Å²) in [6.45, 7) is -0.499. The van der Waals surface area contributed by atoms with E-state index in [1.165, 1.54) is 17.0 Å². The monoisotopic (exact) mass is 362 g/mol. The predicted octanol–water partition coefficient (Wildman–Crippen LogP) is 2.58. The van der Waals surface area contributed by atoms with Gasteiger partial charge in [-0.3, -0.25) is 19.8 Å². The van der Waals surface area contributed by atoms with Crippen LogP contribution in [0.1, 0.15) is 0 Å². The number of rotatable bonds is 4. The van der Waals surface area contributed by atoms with E-state index in [1.807, 2.05) is 0 Å². The molecule has 1 amide bonds. The molecule has 1 heterocycles. The van der Waals surface area contributed by atoms with E-state index < -0.39 is 10.9 Å². The molecule has 8 nitrogen and oxygen atoms in total. The zero-order valence-corrected chi connectivity index (χ0v) is 13.4. The summed E-state index contributed by atoms with van der Waals surface area (Å²) in [5, 5.41) is 10.6. The molecule has 0 spiro atoms. The first kappa shape index (κ1) is 16.7. The molecule has 2 aromatic rings. The molecule has 0 fully saturated rings. The quantitative estimate of drug-likeness (QED) is 0.359. The SMILES string of the molecule is O=C(CN1C(=O)COc2ccccc21)Oc1ccc([N+](=O)[O-])c(Cl)c1. The molecule has 2 aromatic carbocycles. The average molecular weight is 363 g/mol. The first-order chi connectivity index (χ1) is 12.0. The maximum absolute atomic E-state index is 12.1. The van der Waals surface area contributed by atoms with Crippen LogP contribution in [0.5, 0.6) is 11.5 Å². The fraction of sp³-hybridized carbons (Fsp3) is 0.125. The van der Waals surface area contributed by atoms with Crippen molar-refractivity contribution < 1.29 is 24.0 Å². The molecular formula is C16H11ClN2O6. The molecule has 0 atom stereocenters. The summed E-state index contributed by atoms with van der Waals surface area (Å²) >= 11 is 5.78. The molecule has 0 radical (unpaired) electrons. The van der Waals surface area contributed by atoms with Gasteiger partial charge < -0.3 is 9.47 Å². The molecule has 0 N–H and O–H groups in total. The van der Waals surface area contributed by atoms with Gasteiger partial charge in [0.2, 0.25) is 0 Å². The zero-order valence-electron chi connectivity index (χ0n) is 12.7. The van der Waals surface area contributed by atoms with Crippen molar-refractivity contribution in [3.05, 3.63) is 57.6 Å². The molecule has 9 heteroatoms. The highest BCUT2D eigenvalue weighted by Gasteiger charge is 2.27. The second-order valence-electron chi connectivity index (χ2n) is 5.08. The van der Waals surface area contributed by atoms with Crippen molar-refractivity contribution in [2.45, 2.75) is 0 Å². The third kappa shape index (κ3) is 3.53. The Morgan fingerprint density at radius 3 is 2.80 bits per heavy atom. The van der Waals surface area contributed by atoms with Gasteiger partial charge in [-0.2, -0.15) is 0 Å². The van der Waals surface area contributed by atoms with Crippen LogP contribution in [0.15, 0.2) is 42.5 Å². The van der Waals surface area contributed by atoms with Crippen molar-refractivity contribution in [1.29, 1.82) is 0 Å². The Hall–Kier alpha value is -3.13. The van der Waals surface area contributed by atoms with Gasteiger partial charge in [0.1, 0.15) is 23.1 Å². The van der Waals surface area contributed by atoms with Crippen LogP contribution in [0, 0.1) is 10.1 Å². The molecule has 25 heavy (non-hydrogen) atoms. The summed E-state index contributed by atoms with van der Waals surface area (Å²) in [7, 11) is 0. The van der Waals surface area contributed by atoms with Crippen LogP contribution in [-0.4, -0.2) is 30.0 Å². The van der Waals surface area contributed by atoms with Gasteiger partial charge in [-0.1, -0.05) is 23.7 Å². The van der Waals surface area contributed by atoms with Crippen LogP contribution >= 0.6 is 11.6 Å². The van der Waals surface area contributed by atoms with Gasteiger partial charge >= 0.3 is 5.97 Å². The van der Waals surface area contributed by atoms with E-state index in [2.05, 4.69) is 0 Å². The highest BCUT2D eigenvalue weighted by atomic mass is 35.5. The van der Waals surface area contributed by atoms with E-state index in [-0.39, 0.29) is 35.5 Å². The van der Waals surface area contributed by atoms with E-state index in [9.17, 15) is 19.7 Å². The number of amides is 1. The lowest BCUT2D eigenvalue weighted by molar-refractivity contribution is -0.384. The fourth-order valence-corrected chi connectivity index (χ4v) is 2.56. The van der Waals surface area contributed by atoms with E-state index >= 15 is 0 Å². The summed E-state index contributed by atoms with van der Waals surface area (Å²) in [5.74, 6) is -0.546. The minimum absolute atomic E-state index is 0.0505. The summed E-state index contributed by atoms with van der Waals surface area (Å²) in [6, 6.07) is 10.4. The van der Waals surface area contributed by atoms with Gasteiger partial charge in [-0.25, -0.2) is 4.79 Å². The lowest BCUT2D eigenvalue weighted by atomic mass is 10.2. The molecule has 0 saturated heterocycles. The van der Waals surface area contributed by atoms with Crippen molar-refractivity contribution in [2.75, 3.05) is 18.1 Å². The smallest absolute Gasteiger partial charge is 0.331 e. The number of benzene rings is 2. The Morgan fingerprint density at radius 2 is 2.08 bits per heavy atom. The number of nitro benzene ring substituents is 1. The molecule has 0 aromatic heterocycles. The highest BCUT2D eigenvalue weighted by Crippen LogP contribution is 2.32. The summed E-state index contributed by atoms with van der Waals surface area (Å²) in [6.07, 6.45) is 0. The number of fused-ring (bicyclic) bond motifs is 1. The predicted molar refractivity (Wildman–Crippen MR) is 88.0 cm³/mol. The van der Waals surface area contributed by atoms with E-state index in [0.29, 0.717) is 11.4 Å². The van der Waals surface area contributed by atoms with Crippen molar-refractivity contribution in [2.24, 2.45) is 0 Å². The Labute approximate surface area is 146 Å². The van der Waals surface area contributed by atoms with E-state index in [0.717, 1.165) is 6.07 Å². The number of ether oxygens (including phenoxy) is 2.